The molecule has 1 fully saturated rings. The molecular formula is C12H13N3O3S. The summed E-state index contributed by atoms with van der Waals surface area (Å²) in [7, 11) is 3.15. The smallest absolute Gasteiger partial charge is 0.236 e. The Hall–Kier alpha value is -2.02. The molecule has 1 heterocycles. The average Bonchev–Trinajstić information content (AvgIpc) is 2.84. The molecule has 0 aromatic heterocycles. The zero-order chi connectivity index (χ0) is 13.7. The van der Waals surface area contributed by atoms with Crippen LogP contribution in [0.25, 0.3) is 0 Å². The van der Waals surface area contributed by atoms with E-state index in [-0.39, 0.29) is 5.91 Å². The number of hydrogen-bond donors (Lipinski definition) is 1. The minimum Gasteiger partial charge on any atom is -0.493 e. The van der Waals surface area contributed by atoms with Crippen LogP contribution in [0.15, 0.2) is 28.4 Å². The highest BCUT2D eigenvalue weighted by Gasteiger charge is 2.15. The third kappa shape index (κ3) is 3.47. The van der Waals surface area contributed by atoms with E-state index in [0.717, 1.165) is 5.56 Å². The van der Waals surface area contributed by atoms with Gasteiger partial charge >= 0.3 is 0 Å². The van der Waals surface area contributed by atoms with Crippen molar-refractivity contribution in [3.8, 4) is 11.5 Å². The van der Waals surface area contributed by atoms with Gasteiger partial charge in [-0.3, -0.25) is 4.79 Å². The summed E-state index contributed by atoms with van der Waals surface area (Å²) in [5.41, 5.74) is 0.830. The van der Waals surface area contributed by atoms with Gasteiger partial charge in [0.1, 0.15) is 0 Å². The van der Waals surface area contributed by atoms with E-state index in [2.05, 4.69) is 15.5 Å². The van der Waals surface area contributed by atoms with Gasteiger partial charge in [-0.05, 0) is 23.8 Å². The van der Waals surface area contributed by atoms with Crippen molar-refractivity contribution in [2.24, 2.45) is 10.2 Å². The molecular weight excluding hydrogens is 266 g/mol. The number of methoxy groups -OCH3 is 2. The molecule has 0 atom stereocenters. The van der Waals surface area contributed by atoms with E-state index < -0.39 is 0 Å². The summed E-state index contributed by atoms with van der Waals surface area (Å²) in [6.07, 6.45) is 1.58. The lowest BCUT2D eigenvalue weighted by Gasteiger charge is -2.07. The Kier molecular flexibility index (Phi) is 4.40. The SMILES string of the molecule is COc1ccc(/C=N\N=C2\NC(=O)CS2)cc1OC. The first-order chi connectivity index (χ1) is 9.22. The summed E-state index contributed by atoms with van der Waals surface area (Å²) >= 11 is 1.33. The molecule has 19 heavy (non-hydrogen) atoms. The Morgan fingerprint density at radius 2 is 2.11 bits per heavy atom. The first-order valence-electron chi connectivity index (χ1n) is 5.48. The first kappa shape index (κ1) is 13.4. The molecule has 1 amide bonds. The summed E-state index contributed by atoms with van der Waals surface area (Å²) in [6, 6.07) is 5.42. The summed E-state index contributed by atoms with van der Waals surface area (Å²) < 4.78 is 10.3. The lowest BCUT2D eigenvalue weighted by Crippen LogP contribution is -2.19. The Morgan fingerprint density at radius 1 is 1.32 bits per heavy atom. The molecule has 1 aromatic carbocycles. The molecule has 1 aromatic rings. The molecule has 0 saturated carbocycles. The van der Waals surface area contributed by atoms with E-state index in [1.165, 1.54) is 11.8 Å². The fraction of sp³-hybridized carbons (Fsp3) is 0.250. The molecule has 1 N–H and O–H groups in total. The monoisotopic (exact) mass is 279 g/mol. The number of amides is 1. The van der Waals surface area contributed by atoms with E-state index in [1.54, 1.807) is 32.6 Å². The van der Waals surface area contributed by atoms with Crippen LogP contribution in [0.4, 0.5) is 0 Å². The number of amidine groups is 1. The van der Waals surface area contributed by atoms with Crippen LogP contribution in [-0.2, 0) is 4.79 Å². The average molecular weight is 279 g/mol. The van der Waals surface area contributed by atoms with Gasteiger partial charge in [0.2, 0.25) is 5.91 Å². The summed E-state index contributed by atoms with van der Waals surface area (Å²) in [5.74, 6) is 1.63. The van der Waals surface area contributed by atoms with Crippen LogP contribution >= 0.6 is 11.8 Å². The molecule has 0 bridgehead atoms. The van der Waals surface area contributed by atoms with Gasteiger partial charge in [0.15, 0.2) is 16.7 Å². The van der Waals surface area contributed by atoms with E-state index in [9.17, 15) is 4.79 Å². The van der Waals surface area contributed by atoms with E-state index in [4.69, 9.17) is 9.47 Å². The topological polar surface area (TPSA) is 72.3 Å². The molecule has 2 rings (SSSR count). The van der Waals surface area contributed by atoms with Crippen molar-refractivity contribution in [3.63, 3.8) is 0 Å². The first-order valence-corrected chi connectivity index (χ1v) is 6.47. The van der Waals surface area contributed by atoms with Gasteiger partial charge < -0.3 is 14.8 Å². The van der Waals surface area contributed by atoms with Crippen LogP contribution in [-0.4, -0.2) is 37.3 Å². The molecule has 0 aliphatic carbocycles. The number of benzene rings is 1. The number of hydrogen-bond acceptors (Lipinski definition) is 6. The van der Waals surface area contributed by atoms with E-state index in [0.29, 0.717) is 22.4 Å². The molecule has 0 radical (unpaired) electrons. The quantitative estimate of drug-likeness (QED) is 0.665. The second-order valence-electron chi connectivity index (χ2n) is 3.60. The largest absolute Gasteiger partial charge is 0.493 e. The highest BCUT2D eigenvalue weighted by Crippen LogP contribution is 2.26. The minimum atomic E-state index is -0.0509. The lowest BCUT2D eigenvalue weighted by molar-refractivity contribution is -0.116. The lowest BCUT2D eigenvalue weighted by atomic mass is 10.2. The van der Waals surface area contributed by atoms with Crippen LogP contribution in [0.3, 0.4) is 0 Å². The van der Waals surface area contributed by atoms with Gasteiger partial charge in [-0.25, -0.2) is 0 Å². The number of carbonyl (C=O) groups excluding carboxylic acids is 1. The summed E-state index contributed by atoms with van der Waals surface area (Å²) in [6.45, 7) is 0. The molecule has 7 heteroatoms. The van der Waals surface area contributed by atoms with Gasteiger partial charge in [-0.2, -0.15) is 5.10 Å². The zero-order valence-corrected chi connectivity index (χ0v) is 11.4. The summed E-state index contributed by atoms with van der Waals surface area (Å²) in [5, 5.41) is 10.9. The molecule has 6 nitrogen and oxygen atoms in total. The number of thioether (sulfide) groups is 1. The van der Waals surface area contributed by atoms with Crippen LogP contribution < -0.4 is 14.8 Å². The predicted octanol–water partition coefficient (Wildman–Crippen LogP) is 1.26. The van der Waals surface area contributed by atoms with Crippen molar-refractivity contribution < 1.29 is 14.3 Å². The molecule has 100 valence electrons. The van der Waals surface area contributed by atoms with Crippen molar-refractivity contribution in [2.75, 3.05) is 20.0 Å². The number of nitrogens with one attached hydrogen (secondary N) is 1. The zero-order valence-electron chi connectivity index (χ0n) is 10.5. The van der Waals surface area contributed by atoms with Crippen LogP contribution in [0, 0.1) is 0 Å². The molecule has 0 spiro atoms. The van der Waals surface area contributed by atoms with Gasteiger partial charge in [0.25, 0.3) is 0 Å². The highest BCUT2D eigenvalue weighted by molar-refractivity contribution is 8.15. The number of ether oxygens (including phenoxy) is 2. The van der Waals surface area contributed by atoms with Crippen LogP contribution in [0.2, 0.25) is 0 Å². The fourth-order valence-electron chi connectivity index (χ4n) is 1.46. The van der Waals surface area contributed by atoms with Crippen molar-refractivity contribution in [1.82, 2.24) is 5.32 Å². The van der Waals surface area contributed by atoms with Crippen molar-refractivity contribution >= 4 is 29.1 Å². The van der Waals surface area contributed by atoms with Crippen LogP contribution in [0.1, 0.15) is 5.56 Å². The Morgan fingerprint density at radius 3 is 2.74 bits per heavy atom. The molecule has 1 saturated heterocycles. The molecule has 0 unspecified atom stereocenters. The maximum atomic E-state index is 10.9. The Bertz CT molecular complexity index is 543. The highest BCUT2D eigenvalue weighted by atomic mass is 32.2. The predicted molar refractivity (Wildman–Crippen MR) is 75.2 cm³/mol. The normalized spacial score (nSPS) is 16.9. The second kappa shape index (κ2) is 6.24. The standard InChI is InChI=1S/C12H13N3O3S/c1-17-9-4-3-8(5-10(9)18-2)6-13-15-12-14-11(16)7-19-12/h3-6H,7H2,1-2H3,(H,14,15,16)/b13-6-. The maximum Gasteiger partial charge on any atom is 0.236 e. The van der Waals surface area contributed by atoms with Gasteiger partial charge in [0, 0.05) is 0 Å². The van der Waals surface area contributed by atoms with Gasteiger partial charge in [0.05, 0.1) is 26.2 Å². The number of rotatable bonds is 4. The second-order valence-corrected chi connectivity index (χ2v) is 4.57. The molecule has 1 aliphatic rings. The summed E-state index contributed by atoms with van der Waals surface area (Å²) in [4.78, 5) is 10.9. The molecule has 1 aliphatic heterocycles. The third-order valence-corrected chi connectivity index (χ3v) is 3.21. The minimum absolute atomic E-state index is 0.0509. The maximum absolute atomic E-state index is 10.9. The van der Waals surface area contributed by atoms with Crippen molar-refractivity contribution in [2.45, 2.75) is 0 Å². The number of carbonyl (C=O) groups is 1. The third-order valence-electron chi connectivity index (χ3n) is 2.35. The number of nitrogens with zero attached hydrogens (tertiary/aromatic N) is 2. The van der Waals surface area contributed by atoms with E-state index in [1.807, 2.05) is 6.07 Å². The Balaban J connectivity index is 2.08. The Labute approximate surface area is 114 Å². The van der Waals surface area contributed by atoms with Crippen LogP contribution in [0.5, 0.6) is 11.5 Å². The van der Waals surface area contributed by atoms with Crippen molar-refractivity contribution in [1.29, 1.82) is 0 Å². The fourth-order valence-corrected chi connectivity index (χ4v) is 2.09. The van der Waals surface area contributed by atoms with Crippen molar-refractivity contribution in [3.05, 3.63) is 23.8 Å². The van der Waals surface area contributed by atoms with Gasteiger partial charge in [-0.1, -0.05) is 11.8 Å². The van der Waals surface area contributed by atoms with Gasteiger partial charge in [-0.15, -0.1) is 5.10 Å². The van der Waals surface area contributed by atoms with E-state index >= 15 is 0 Å².